The average molecular weight is 263 g/mol. The molecular weight excluding hydrogens is 244 g/mol. The van der Waals surface area contributed by atoms with Gasteiger partial charge in [0.1, 0.15) is 5.82 Å². The minimum atomic E-state index is -0.720. The van der Waals surface area contributed by atoms with E-state index in [9.17, 15) is 4.39 Å². The molecule has 0 radical (unpaired) electrons. The Morgan fingerprint density at radius 2 is 1.84 bits per heavy atom. The van der Waals surface area contributed by atoms with E-state index >= 15 is 0 Å². The molecule has 1 aromatic rings. The van der Waals surface area contributed by atoms with Crippen LogP contribution in [0.25, 0.3) is 0 Å². The van der Waals surface area contributed by atoms with Gasteiger partial charge in [-0.2, -0.15) is 0 Å². The van der Waals surface area contributed by atoms with E-state index in [0.717, 1.165) is 0 Å². The zero-order valence-corrected chi connectivity index (χ0v) is 11.9. The molecule has 0 N–H and O–H groups in total. The third-order valence-electron chi connectivity index (χ3n) is 3.85. The van der Waals surface area contributed by atoms with Gasteiger partial charge in [0.25, 0.3) is 0 Å². The Kier molecular flexibility index (Phi) is 3.54. The Morgan fingerprint density at radius 3 is 2.37 bits per heavy atom. The van der Waals surface area contributed by atoms with Crippen LogP contribution in [0.1, 0.15) is 33.3 Å². The van der Waals surface area contributed by atoms with E-state index in [4.69, 9.17) is 9.31 Å². The van der Waals surface area contributed by atoms with Crippen LogP contribution in [0.5, 0.6) is 0 Å². The van der Waals surface area contributed by atoms with Crippen molar-refractivity contribution < 1.29 is 13.7 Å². The third-order valence-corrected chi connectivity index (χ3v) is 3.85. The summed E-state index contributed by atoms with van der Waals surface area (Å²) in [5.41, 5.74) is -0.128. The van der Waals surface area contributed by atoms with Gasteiger partial charge in [-0.15, -0.1) is 6.58 Å². The summed E-state index contributed by atoms with van der Waals surface area (Å²) >= 11 is 0. The minimum Gasteiger partial charge on any atom is -0.399 e. The Bertz CT molecular complexity index is 486. The molecule has 0 saturated carbocycles. The van der Waals surface area contributed by atoms with Crippen molar-refractivity contribution in [3.05, 3.63) is 36.4 Å². The third kappa shape index (κ3) is 2.45. The first-order valence-corrected chi connectivity index (χ1v) is 6.37. The van der Waals surface area contributed by atoms with Crippen molar-refractivity contribution in [2.24, 2.45) is 0 Å². The van der Waals surface area contributed by atoms with Crippen LogP contribution >= 0.6 is 0 Å². The summed E-state index contributed by atoms with van der Waals surface area (Å²) in [6.45, 7) is 11.4. The van der Waals surface area contributed by atoms with Crippen LogP contribution in [0.2, 0.25) is 0 Å². The van der Waals surface area contributed by atoms with Crippen molar-refractivity contribution in [1.29, 1.82) is 0 Å². The van der Waals surface area contributed by atoms with Crippen molar-refractivity contribution in [3.63, 3.8) is 0 Å². The molecule has 0 spiro atoms. The van der Waals surface area contributed by atoms with E-state index in [0.29, 0.717) is 17.4 Å². The van der Waals surface area contributed by atoms with Crippen molar-refractivity contribution in [2.75, 3.05) is 0 Å². The second-order valence-electron chi connectivity index (χ2n) is 5.78. The molecule has 0 amide bonds. The number of rotatable bonds is 3. The highest BCUT2D eigenvalue weighted by Crippen LogP contribution is 2.36. The number of hydrogen-bond acceptors (Lipinski definition) is 3. The lowest BCUT2D eigenvalue weighted by Gasteiger charge is -2.32. The summed E-state index contributed by atoms with van der Waals surface area (Å²) in [5.74, 6) is -0.326. The average Bonchev–Trinajstić information content (AvgIpc) is 2.51. The molecule has 0 atom stereocenters. The van der Waals surface area contributed by atoms with Crippen molar-refractivity contribution in [2.45, 2.75) is 45.3 Å². The molecule has 0 aliphatic carbocycles. The summed E-state index contributed by atoms with van der Waals surface area (Å²) < 4.78 is 26.0. The van der Waals surface area contributed by atoms with Crippen LogP contribution in [-0.4, -0.2) is 23.3 Å². The van der Waals surface area contributed by atoms with Crippen LogP contribution in [0.3, 0.4) is 0 Å². The molecule has 2 rings (SSSR count). The number of pyridine rings is 1. The predicted octanol–water partition coefficient (Wildman–Crippen LogP) is 2.25. The van der Waals surface area contributed by atoms with Crippen molar-refractivity contribution >= 4 is 12.6 Å². The number of hydrogen-bond donors (Lipinski definition) is 0. The summed E-state index contributed by atoms with van der Waals surface area (Å²) in [6, 6.07) is 0. The first-order valence-electron chi connectivity index (χ1n) is 6.37. The highest BCUT2D eigenvalue weighted by molar-refractivity contribution is 6.62. The second-order valence-corrected chi connectivity index (χ2v) is 5.78. The van der Waals surface area contributed by atoms with Gasteiger partial charge in [0.05, 0.1) is 11.2 Å². The Labute approximate surface area is 114 Å². The molecule has 1 fully saturated rings. The van der Waals surface area contributed by atoms with Crippen LogP contribution < -0.4 is 5.46 Å². The van der Waals surface area contributed by atoms with Gasteiger partial charge in [-0.05, 0) is 34.1 Å². The smallest absolute Gasteiger partial charge is 0.399 e. The first-order chi connectivity index (χ1) is 8.78. The number of halogens is 1. The van der Waals surface area contributed by atoms with Crippen molar-refractivity contribution in [3.8, 4) is 0 Å². The van der Waals surface area contributed by atoms with E-state index in [1.165, 1.54) is 12.4 Å². The Balaban J connectivity index is 2.34. The van der Waals surface area contributed by atoms with Gasteiger partial charge >= 0.3 is 7.12 Å². The second kappa shape index (κ2) is 4.73. The fourth-order valence-corrected chi connectivity index (χ4v) is 1.94. The SMILES string of the molecule is C=CCc1cncc(B2OC(C)(C)C(C)(C)O2)c1F. The van der Waals surface area contributed by atoms with Gasteiger partial charge in [-0.25, -0.2) is 4.39 Å². The quantitative estimate of drug-likeness (QED) is 0.619. The number of allylic oxidation sites excluding steroid dienone is 1. The highest BCUT2D eigenvalue weighted by atomic mass is 19.1. The van der Waals surface area contributed by atoms with Crippen LogP contribution in [0.4, 0.5) is 4.39 Å². The molecule has 19 heavy (non-hydrogen) atoms. The van der Waals surface area contributed by atoms with Gasteiger partial charge in [-0.3, -0.25) is 4.98 Å². The summed E-state index contributed by atoms with van der Waals surface area (Å²) in [5, 5.41) is 0. The van der Waals surface area contributed by atoms with Crippen molar-refractivity contribution in [1.82, 2.24) is 4.98 Å². The molecule has 0 unspecified atom stereocenters. The molecule has 5 heteroatoms. The van der Waals surface area contributed by atoms with Crippen LogP contribution in [0.15, 0.2) is 25.0 Å². The van der Waals surface area contributed by atoms with Gasteiger partial charge in [-0.1, -0.05) is 6.08 Å². The molecule has 3 nitrogen and oxygen atoms in total. The molecule has 1 saturated heterocycles. The number of nitrogens with zero attached hydrogens (tertiary/aromatic N) is 1. The lowest BCUT2D eigenvalue weighted by molar-refractivity contribution is 0.00578. The van der Waals surface area contributed by atoms with Gasteiger partial charge in [0.15, 0.2) is 0 Å². The van der Waals surface area contributed by atoms with Crippen LogP contribution in [0, 0.1) is 5.82 Å². The number of aromatic nitrogens is 1. The monoisotopic (exact) mass is 263 g/mol. The summed E-state index contributed by atoms with van der Waals surface area (Å²) in [7, 11) is -0.720. The first kappa shape index (κ1) is 14.2. The molecule has 0 aromatic carbocycles. The largest absolute Gasteiger partial charge is 0.499 e. The van der Waals surface area contributed by atoms with E-state index in [1.807, 2.05) is 27.7 Å². The lowest BCUT2D eigenvalue weighted by Crippen LogP contribution is -2.41. The molecule has 2 heterocycles. The van der Waals surface area contributed by atoms with Gasteiger partial charge in [0.2, 0.25) is 0 Å². The van der Waals surface area contributed by atoms with Gasteiger partial charge < -0.3 is 9.31 Å². The molecule has 1 aromatic heterocycles. The fourth-order valence-electron chi connectivity index (χ4n) is 1.94. The zero-order valence-electron chi connectivity index (χ0n) is 11.9. The van der Waals surface area contributed by atoms with Crippen LogP contribution in [-0.2, 0) is 15.7 Å². The predicted molar refractivity (Wildman–Crippen MR) is 73.8 cm³/mol. The van der Waals surface area contributed by atoms with E-state index in [-0.39, 0.29) is 5.82 Å². The molecule has 0 bridgehead atoms. The maximum Gasteiger partial charge on any atom is 0.499 e. The standard InChI is InChI=1S/C14H19BFNO2/c1-6-7-10-8-17-9-11(12(10)16)15-18-13(2,3)14(4,5)19-15/h6,8-9H,1,7H2,2-5H3. The topological polar surface area (TPSA) is 31.4 Å². The highest BCUT2D eigenvalue weighted by Gasteiger charge is 2.52. The molecule has 102 valence electrons. The maximum atomic E-state index is 14.4. The minimum absolute atomic E-state index is 0.326. The Morgan fingerprint density at radius 1 is 1.26 bits per heavy atom. The summed E-state index contributed by atoms with van der Waals surface area (Å²) in [6.07, 6.45) is 5.05. The zero-order chi connectivity index (χ0) is 14.3. The molecular formula is C14H19BFNO2. The molecule has 1 aliphatic heterocycles. The van der Waals surface area contributed by atoms with Gasteiger partial charge in [0, 0.05) is 23.4 Å². The lowest BCUT2D eigenvalue weighted by atomic mass is 9.79. The maximum absolute atomic E-state index is 14.4. The normalized spacial score (nSPS) is 20.6. The van der Waals surface area contributed by atoms with E-state index < -0.39 is 18.3 Å². The van der Waals surface area contributed by atoms with E-state index in [2.05, 4.69) is 11.6 Å². The Hall–Kier alpha value is -1.20. The summed E-state index contributed by atoms with van der Waals surface area (Å²) in [4.78, 5) is 4.06. The molecule has 1 aliphatic rings. The van der Waals surface area contributed by atoms with E-state index in [1.54, 1.807) is 6.08 Å². The fraction of sp³-hybridized carbons (Fsp3) is 0.500.